The van der Waals surface area contributed by atoms with Gasteiger partial charge in [-0.15, -0.1) is 0 Å². The Bertz CT molecular complexity index is 616. The monoisotopic (exact) mass is 385 g/mol. The van der Waals surface area contributed by atoms with Crippen LogP contribution in [0.5, 0.6) is 0 Å². The third-order valence-corrected chi connectivity index (χ3v) is 3.45. The molecule has 2 nitrogen and oxygen atoms in total. The van der Waals surface area contributed by atoms with Crippen molar-refractivity contribution >= 4 is 43.5 Å². The van der Waals surface area contributed by atoms with Crippen molar-refractivity contribution in [2.24, 2.45) is 0 Å². The molecule has 0 saturated carbocycles. The van der Waals surface area contributed by atoms with E-state index in [0.717, 1.165) is 8.95 Å². The standard InChI is InChI=1S/C14H10Br2FNO/c15-10-2-1-3-12(8-10)18-14(19)7-9-6-11(16)4-5-13(9)17/h1-6,8H,7H2,(H,18,19). The Morgan fingerprint density at radius 1 is 1.11 bits per heavy atom. The van der Waals surface area contributed by atoms with Crippen LogP contribution in [0.15, 0.2) is 51.4 Å². The van der Waals surface area contributed by atoms with Crippen molar-refractivity contribution in [2.75, 3.05) is 5.32 Å². The third-order valence-electron chi connectivity index (χ3n) is 2.47. The molecule has 0 fully saturated rings. The van der Waals surface area contributed by atoms with Crippen molar-refractivity contribution in [2.45, 2.75) is 6.42 Å². The first kappa shape index (κ1) is 14.2. The zero-order valence-electron chi connectivity index (χ0n) is 9.79. The lowest BCUT2D eigenvalue weighted by molar-refractivity contribution is -0.115. The van der Waals surface area contributed by atoms with Crippen LogP contribution in [0, 0.1) is 5.82 Å². The number of halogens is 3. The first-order chi connectivity index (χ1) is 9.04. The zero-order valence-corrected chi connectivity index (χ0v) is 13.0. The van der Waals surface area contributed by atoms with Crippen molar-refractivity contribution in [1.29, 1.82) is 0 Å². The smallest absolute Gasteiger partial charge is 0.228 e. The lowest BCUT2D eigenvalue weighted by atomic mass is 10.1. The SMILES string of the molecule is O=C(Cc1cc(Br)ccc1F)Nc1cccc(Br)c1. The molecule has 98 valence electrons. The van der Waals surface area contributed by atoms with Crippen LogP contribution in [0.2, 0.25) is 0 Å². The van der Waals surface area contributed by atoms with E-state index in [2.05, 4.69) is 37.2 Å². The Morgan fingerprint density at radius 3 is 2.58 bits per heavy atom. The molecule has 2 aromatic carbocycles. The molecule has 1 N–H and O–H groups in total. The maximum atomic E-state index is 13.5. The molecule has 0 radical (unpaired) electrons. The summed E-state index contributed by atoms with van der Waals surface area (Å²) in [7, 11) is 0. The highest BCUT2D eigenvalue weighted by atomic mass is 79.9. The van der Waals surface area contributed by atoms with Gasteiger partial charge in [-0.1, -0.05) is 37.9 Å². The molecule has 19 heavy (non-hydrogen) atoms. The van der Waals surface area contributed by atoms with Crippen LogP contribution < -0.4 is 5.32 Å². The Morgan fingerprint density at radius 2 is 1.84 bits per heavy atom. The molecule has 0 atom stereocenters. The summed E-state index contributed by atoms with van der Waals surface area (Å²) in [6.45, 7) is 0. The second-order valence-corrected chi connectivity index (χ2v) is 5.80. The number of anilines is 1. The van der Waals surface area contributed by atoms with Crippen LogP contribution in [-0.2, 0) is 11.2 Å². The molecule has 0 saturated heterocycles. The molecule has 2 aromatic rings. The van der Waals surface area contributed by atoms with Gasteiger partial charge < -0.3 is 5.32 Å². The minimum Gasteiger partial charge on any atom is -0.326 e. The van der Waals surface area contributed by atoms with Crippen LogP contribution in [0.25, 0.3) is 0 Å². The van der Waals surface area contributed by atoms with E-state index >= 15 is 0 Å². The summed E-state index contributed by atoms with van der Waals surface area (Å²) in [4.78, 5) is 11.8. The van der Waals surface area contributed by atoms with Gasteiger partial charge >= 0.3 is 0 Å². The fraction of sp³-hybridized carbons (Fsp3) is 0.0714. The van der Waals surface area contributed by atoms with Gasteiger partial charge in [-0.25, -0.2) is 4.39 Å². The van der Waals surface area contributed by atoms with Gasteiger partial charge in [0.25, 0.3) is 0 Å². The highest BCUT2D eigenvalue weighted by Gasteiger charge is 2.09. The second kappa shape index (κ2) is 6.30. The van der Waals surface area contributed by atoms with Gasteiger partial charge in [-0.2, -0.15) is 0 Å². The third kappa shape index (κ3) is 4.14. The number of nitrogens with one attached hydrogen (secondary N) is 1. The normalized spacial score (nSPS) is 10.3. The number of hydrogen-bond acceptors (Lipinski definition) is 1. The van der Waals surface area contributed by atoms with E-state index in [1.165, 1.54) is 6.07 Å². The quantitative estimate of drug-likeness (QED) is 0.824. The van der Waals surface area contributed by atoms with Crippen molar-refractivity contribution in [1.82, 2.24) is 0 Å². The molecule has 5 heteroatoms. The molecule has 2 rings (SSSR count). The first-order valence-corrected chi connectivity index (χ1v) is 7.12. The molecular formula is C14H10Br2FNO. The largest absolute Gasteiger partial charge is 0.326 e. The molecule has 0 spiro atoms. The van der Waals surface area contributed by atoms with Crippen LogP contribution in [0.4, 0.5) is 10.1 Å². The number of rotatable bonds is 3. The molecule has 0 aliphatic heterocycles. The predicted molar refractivity (Wildman–Crippen MR) is 80.6 cm³/mol. The maximum absolute atomic E-state index is 13.5. The highest BCUT2D eigenvalue weighted by Crippen LogP contribution is 2.18. The predicted octanol–water partition coefficient (Wildman–Crippen LogP) is 4.53. The Hall–Kier alpha value is -1.20. The summed E-state index contributed by atoms with van der Waals surface area (Å²) in [6.07, 6.45) is -0.00220. The molecular weight excluding hydrogens is 377 g/mol. The first-order valence-electron chi connectivity index (χ1n) is 5.54. The summed E-state index contributed by atoms with van der Waals surface area (Å²) in [5.41, 5.74) is 1.04. The summed E-state index contributed by atoms with van der Waals surface area (Å²) >= 11 is 6.58. The lowest BCUT2D eigenvalue weighted by Crippen LogP contribution is -2.15. The number of carbonyl (C=O) groups excluding carboxylic acids is 1. The topological polar surface area (TPSA) is 29.1 Å². The van der Waals surface area contributed by atoms with Crippen LogP contribution >= 0.6 is 31.9 Å². The highest BCUT2D eigenvalue weighted by molar-refractivity contribution is 9.10. The molecule has 1 amide bonds. The van der Waals surface area contributed by atoms with Gasteiger partial charge in [0.15, 0.2) is 0 Å². The molecule has 0 heterocycles. The number of benzene rings is 2. The average Bonchev–Trinajstić information content (AvgIpc) is 2.34. The number of hydrogen-bond donors (Lipinski definition) is 1. The van der Waals surface area contributed by atoms with Gasteiger partial charge in [-0.3, -0.25) is 4.79 Å². The Balaban J connectivity index is 2.07. The fourth-order valence-corrected chi connectivity index (χ4v) is 2.43. The van der Waals surface area contributed by atoms with E-state index in [1.807, 2.05) is 12.1 Å². The summed E-state index contributed by atoms with van der Waals surface area (Å²) in [5, 5.41) is 2.73. The molecule has 0 unspecified atom stereocenters. The van der Waals surface area contributed by atoms with Gasteiger partial charge in [0.1, 0.15) is 5.82 Å². The van der Waals surface area contributed by atoms with Crippen molar-refractivity contribution < 1.29 is 9.18 Å². The Kier molecular flexibility index (Phi) is 4.71. The minimum atomic E-state index is -0.382. The maximum Gasteiger partial charge on any atom is 0.228 e. The zero-order chi connectivity index (χ0) is 13.8. The summed E-state index contributed by atoms with van der Waals surface area (Å²) < 4.78 is 15.1. The minimum absolute atomic E-state index is 0.00220. The van der Waals surface area contributed by atoms with Gasteiger partial charge in [0, 0.05) is 14.6 Å². The van der Waals surface area contributed by atoms with E-state index in [4.69, 9.17) is 0 Å². The summed E-state index contributed by atoms with van der Waals surface area (Å²) in [6, 6.07) is 11.8. The van der Waals surface area contributed by atoms with Crippen LogP contribution in [0.1, 0.15) is 5.56 Å². The van der Waals surface area contributed by atoms with Gasteiger partial charge in [0.2, 0.25) is 5.91 Å². The van der Waals surface area contributed by atoms with Gasteiger partial charge in [-0.05, 0) is 42.0 Å². The van der Waals surface area contributed by atoms with Crippen molar-refractivity contribution in [3.63, 3.8) is 0 Å². The van der Waals surface area contributed by atoms with Gasteiger partial charge in [0.05, 0.1) is 6.42 Å². The van der Waals surface area contributed by atoms with E-state index in [-0.39, 0.29) is 18.1 Å². The van der Waals surface area contributed by atoms with Crippen LogP contribution in [-0.4, -0.2) is 5.91 Å². The van der Waals surface area contributed by atoms with Crippen LogP contribution in [0.3, 0.4) is 0 Å². The van der Waals surface area contributed by atoms with Crippen molar-refractivity contribution in [3.05, 3.63) is 62.8 Å². The van der Waals surface area contributed by atoms with E-state index in [9.17, 15) is 9.18 Å². The van der Waals surface area contributed by atoms with Crippen molar-refractivity contribution in [3.8, 4) is 0 Å². The van der Waals surface area contributed by atoms with E-state index in [0.29, 0.717) is 11.3 Å². The number of amides is 1. The average molecular weight is 387 g/mol. The molecule has 0 aliphatic carbocycles. The van der Waals surface area contributed by atoms with E-state index < -0.39 is 0 Å². The van der Waals surface area contributed by atoms with E-state index in [1.54, 1.807) is 24.3 Å². The second-order valence-electron chi connectivity index (χ2n) is 3.97. The molecule has 0 bridgehead atoms. The molecule has 0 aliphatic rings. The lowest BCUT2D eigenvalue weighted by Gasteiger charge is -2.07. The Labute approximate surface area is 127 Å². The summed E-state index contributed by atoms with van der Waals surface area (Å²) in [5.74, 6) is -0.636. The number of carbonyl (C=O) groups is 1. The molecule has 0 aromatic heterocycles. The fourth-order valence-electron chi connectivity index (χ4n) is 1.62.